The molecule has 0 aliphatic carbocycles. The van der Waals surface area contributed by atoms with Crippen LogP contribution in [0.2, 0.25) is 0 Å². The lowest BCUT2D eigenvalue weighted by Crippen LogP contribution is -2.12. The lowest BCUT2D eigenvalue weighted by atomic mass is 10.1. The van der Waals surface area contributed by atoms with Crippen molar-refractivity contribution in [1.29, 1.82) is 0 Å². The van der Waals surface area contributed by atoms with E-state index >= 15 is 0 Å². The largest absolute Gasteiger partial charge is 0.451 e. The normalized spacial score (nSPS) is 10.5. The summed E-state index contributed by atoms with van der Waals surface area (Å²) in [6.07, 6.45) is 0.983. The number of H-pyrrole nitrogens is 1. The summed E-state index contributed by atoms with van der Waals surface area (Å²) in [5.74, 6) is 0.503. The number of hydrogen-bond donors (Lipinski definition) is 2. The first-order valence-electron chi connectivity index (χ1n) is 6.50. The van der Waals surface area contributed by atoms with E-state index in [0.717, 1.165) is 12.0 Å². The Morgan fingerprint density at radius 3 is 2.71 bits per heavy atom. The minimum absolute atomic E-state index is 0.102. The molecule has 0 saturated heterocycles. The second-order valence-corrected chi connectivity index (χ2v) is 4.40. The van der Waals surface area contributed by atoms with Crippen molar-refractivity contribution in [1.82, 2.24) is 20.6 Å². The van der Waals surface area contributed by atoms with Crippen molar-refractivity contribution < 1.29 is 9.21 Å². The van der Waals surface area contributed by atoms with Gasteiger partial charge in [0, 0.05) is 5.56 Å². The van der Waals surface area contributed by atoms with Crippen LogP contribution in [0.3, 0.4) is 0 Å². The first-order valence-corrected chi connectivity index (χ1v) is 6.50. The number of furan rings is 1. The number of amides is 1. The predicted octanol–water partition coefficient (Wildman–Crippen LogP) is 2.27. The van der Waals surface area contributed by atoms with Gasteiger partial charge in [-0.15, -0.1) is 5.10 Å². The summed E-state index contributed by atoms with van der Waals surface area (Å²) in [4.78, 5) is 11.9. The summed E-state index contributed by atoms with van der Waals surface area (Å²) in [7, 11) is 0. The van der Waals surface area contributed by atoms with Crippen molar-refractivity contribution in [2.45, 2.75) is 13.3 Å². The second-order valence-electron chi connectivity index (χ2n) is 4.40. The number of nitrogens with zero attached hydrogens (tertiary/aromatic N) is 3. The van der Waals surface area contributed by atoms with E-state index in [9.17, 15) is 4.79 Å². The van der Waals surface area contributed by atoms with Crippen molar-refractivity contribution in [2.24, 2.45) is 0 Å². The molecule has 7 heteroatoms. The zero-order chi connectivity index (χ0) is 14.7. The molecule has 3 aromatic rings. The number of carbonyl (C=O) groups is 1. The SMILES string of the molecule is CCc1ccc(-c2ccc(C(=O)Nc3nn[nH]n3)o2)cc1. The van der Waals surface area contributed by atoms with Crippen molar-refractivity contribution in [3.63, 3.8) is 0 Å². The number of aryl methyl sites for hydroxylation is 1. The first-order chi connectivity index (χ1) is 10.3. The fraction of sp³-hybridized carbons (Fsp3) is 0.143. The maximum absolute atomic E-state index is 11.9. The van der Waals surface area contributed by atoms with Crippen LogP contribution < -0.4 is 5.32 Å². The molecule has 0 saturated carbocycles. The number of aromatic amines is 1. The average Bonchev–Trinajstić information content (AvgIpc) is 3.18. The zero-order valence-electron chi connectivity index (χ0n) is 11.3. The molecule has 0 spiro atoms. The van der Waals surface area contributed by atoms with Gasteiger partial charge < -0.3 is 4.42 Å². The highest BCUT2D eigenvalue weighted by molar-refractivity contribution is 6.01. The van der Waals surface area contributed by atoms with Gasteiger partial charge >= 0.3 is 0 Å². The standard InChI is InChI=1S/C14H13N5O2/c1-2-9-3-5-10(6-4-9)11-7-8-12(21-11)13(20)15-14-16-18-19-17-14/h3-8H,2H2,1H3,(H2,15,16,17,18,19,20). The Morgan fingerprint density at radius 2 is 2.05 bits per heavy atom. The van der Waals surface area contributed by atoms with E-state index in [2.05, 4.69) is 32.9 Å². The van der Waals surface area contributed by atoms with Crippen LogP contribution in [0.1, 0.15) is 23.0 Å². The van der Waals surface area contributed by atoms with Crippen molar-refractivity contribution in [2.75, 3.05) is 5.32 Å². The molecule has 0 bridgehead atoms. The molecule has 0 aliphatic heterocycles. The van der Waals surface area contributed by atoms with Crippen LogP contribution in [0, 0.1) is 0 Å². The number of aromatic nitrogens is 4. The second kappa shape index (κ2) is 5.58. The predicted molar refractivity (Wildman–Crippen MR) is 75.7 cm³/mol. The quantitative estimate of drug-likeness (QED) is 0.765. The molecule has 7 nitrogen and oxygen atoms in total. The van der Waals surface area contributed by atoms with Crippen LogP contribution in [0.15, 0.2) is 40.8 Å². The molecule has 0 aliphatic rings. The van der Waals surface area contributed by atoms with Gasteiger partial charge in [-0.2, -0.15) is 5.21 Å². The molecule has 2 heterocycles. The van der Waals surface area contributed by atoms with Crippen molar-refractivity contribution in [3.8, 4) is 11.3 Å². The number of rotatable bonds is 4. The Hall–Kier alpha value is -2.96. The Kier molecular flexibility index (Phi) is 3.46. The molecular weight excluding hydrogens is 270 g/mol. The van der Waals surface area contributed by atoms with Gasteiger partial charge in [0.15, 0.2) is 5.76 Å². The number of carbonyl (C=O) groups excluding carboxylic acids is 1. The molecule has 3 rings (SSSR count). The van der Waals surface area contributed by atoms with E-state index in [0.29, 0.717) is 5.76 Å². The highest BCUT2D eigenvalue weighted by Crippen LogP contribution is 2.23. The Bertz CT molecular complexity index is 731. The molecule has 21 heavy (non-hydrogen) atoms. The van der Waals surface area contributed by atoms with Crippen LogP contribution in [0.4, 0.5) is 5.95 Å². The van der Waals surface area contributed by atoms with E-state index in [-0.39, 0.29) is 11.7 Å². The maximum Gasteiger partial charge on any atom is 0.293 e. The summed E-state index contributed by atoms with van der Waals surface area (Å²) >= 11 is 0. The minimum atomic E-state index is -0.423. The number of tetrazole rings is 1. The Labute approximate surface area is 120 Å². The van der Waals surface area contributed by atoms with Crippen LogP contribution in [0.25, 0.3) is 11.3 Å². The van der Waals surface area contributed by atoms with E-state index in [4.69, 9.17) is 4.42 Å². The van der Waals surface area contributed by atoms with Gasteiger partial charge in [-0.3, -0.25) is 10.1 Å². The smallest absolute Gasteiger partial charge is 0.293 e. The molecular formula is C14H13N5O2. The maximum atomic E-state index is 11.9. The first kappa shape index (κ1) is 13.0. The summed E-state index contributed by atoms with van der Waals surface area (Å²) in [6.45, 7) is 2.10. The van der Waals surface area contributed by atoms with Crippen LogP contribution in [-0.4, -0.2) is 26.5 Å². The number of hydrogen-bond acceptors (Lipinski definition) is 5. The van der Waals surface area contributed by atoms with E-state index in [1.54, 1.807) is 12.1 Å². The van der Waals surface area contributed by atoms with Gasteiger partial charge in [-0.05, 0) is 29.3 Å². The van der Waals surface area contributed by atoms with Crippen LogP contribution >= 0.6 is 0 Å². The number of benzene rings is 1. The molecule has 106 valence electrons. The summed E-state index contributed by atoms with van der Waals surface area (Å²) in [5, 5.41) is 15.4. The lowest BCUT2D eigenvalue weighted by molar-refractivity contribution is 0.0996. The van der Waals surface area contributed by atoms with Gasteiger partial charge in [-0.1, -0.05) is 36.3 Å². The zero-order valence-corrected chi connectivity index (χ0v) is 11.3. The van der Waals surface area contributed by atoms with Crippen LogP contribution in [-0.2, 0) is 6.42 Å². The highest BCUT2D eigenvalue weighted by atomic mass is 16.3. The lowest BCUT2D eigenvalue weighted by Gasteiger charge is -2.00. The van der Waals surface area contributed by atoms with Crippen LogP contribution in [0.5, 0.6) is 0 Å². The third kappa shape index (κ3) is 2.81. The molecule has 0 atom stereocenters. The highest BCUT2D eigenvalue weighted by Gasteiger charge is 2.14. The van der Waals surface area contributed by atoms with Crippen molar-refractivity contribution >= 4 is 11.9 Å². The van der Waals surface area contributed by atoms with Gasteiger partial charge in [0.25, 0.3) is 11.9 Å². The number of nitrogens with one attached hydrogen (secondary N) is 2. The molecule has 2 aromatic heterocycles. The average molecular weight is 283 g/mol. The van der Waals surface area contributed by atoms with Gasteiger partial charge in [0.2, 0.25) is 0 Å². The fourth-order valence-corrected chi connectivity index (χ4v) is 1.90. The molecule has 1 aromatic carbocycles. The molecule has 1 amide bonds. The molecule has 2 N–H and O–H groups in total. The summed E-state index contributed by atoms with van der Waals surface area (Å²) in [6, 6.07) is 11.4. The third-order valence-electron chi connectivity index (χ3n) is 3.05. The van der Waals surface area contributed by atoms with E-state index in [1.165, 1.54) is 5.56 Å². The van der Waals surface area contributed by atoms with Gasteiger partial charge in [0.05, 0.1) is 0 Å². The summed E-state index contributed by atoms with van der Waals surface area (Å²) in [5.41, 5.74) is 2.17. The van der Waals surface area contributed by atoms with Gasteiger partial charge in [-0.25, -0.2) is 0 Å². The molecule has 0 radical (unpaired) electrons. The van der Waals surface area contributed by atoms with Crippen molar-refractivity contribution in [3.05, 3.63) is 47.7 Å². The minimum Gasteiger partial charge on any atom is -0.451 e. The van der Waals surface area contributed by atoms with Gasteiger partial charge in [0.1, 0.15) is 5.76 Å². The fourth-order valence-electron chi connectivity index (χ4n) is 1.90. The topological polar surface area (TPSA) is 96.7 Å². The molecule has 0 fully saturated rings. The molecule has 0 unspecified atom stereocenters. The monoisotopic (exact) mass is 283 g/mol. The Balaban J connectivity index is 1.77. The van der Waals surface area contributed by atoms with E-state index < -0.39 is 5.91 Å². The Morgan fingerprint density at radius 1 is 1.24 bits per heavy atom. The third-order valence-corrected chi connectivity index (χ3v) is 3.05. The summed E-state index contributed by atoms with van der Waals surface area (Å²) < 4.78 is 5.56. The van der Waals surface area contributed by atoms with E-state index in [1.807, 2.05) is 24.3 Å². The number of anilines is 1.